The van der Waals surface area contributed by atoms with E-state index in [4.69, 9.17) is 10.00 Å². The first-order valence-electron chi connectivity index (χ1n) is 6.32. The molecule has 0 heterocycles. The maximum Gasteiger partial charge on any atom is 0.339 e. The molecule has 0 aliphatic rings. The van der Waals surface area contributed by atoms with E-state index in [9.17, 15) is 9.59 Å². The normalized spacial score (nSPS) is 9.64. The van der Waals surface area contributed by atoms with Crippen molar-refractivity contribution in [3.8, 4) is 6.07 Å². The number of anilines is 1. The number of carbonyl (C=O) groups is 2. The van der Waals surface area contributed by atoms with Crippen molar-refractivity contribution in [3.63, 3.8) is 0 Å². The van der Waals surface area contributed by atoms with E-state index >= 15 is 0 Å². The molecule has 6 heteroatoms. The first-order valence-corrected chi connectivity index (χ1v) is 7.39. The summed E-state index contributed by atoms with van der Waals surface area (Å²) in [4.78, 5) is 23.6. The lowest BCUT2D eigenvalue weighted by molar-refractivity contribution is -0.119. The molecule has 0 radical (unpaired) electrons. The van der Waals surface area contributed by atoms with Gasteiger partial charge in [0.25, 0.3) is 5.91 Å². The molecule has 0 saturated carbocycles. The van der Waals surface area contributed by atoms with Gasteiger partial charge in [-0.2, -0.15) is 5.26 Å². The summed E-state index contributed by atoms with van der Waals surface area (Å²) in [6, 6.07) is 15.4. The fourth-order valence-corrected chi connectivity index (χ4v) is 2.27. The number of esters is 1. The Hall–Kier alpha value is -2.40. The van der Waals surface area contributed by atoms with Gasteiger partial charge < -0.3 is 10.1 Å². The number of hydrogen-bond donors (Lipinski definition) is 1. The SMILES string of the molecule is N#Cc1ccc(NC(=O)COC(=O)c2ccccc2I)cc1. The molecule has 0 atom stereocenters. The van der Waals surface area contributed by atoms with Gasteiger partial charge in [0, 0.05) is 9.26 Å². The van der Waals surface area contributed by atoms with Crippen LogP contribution < -0.4 is 5.32 Å². The molecule has 0 saturated heterocycles. The molecule has 0 aliphatic carbocycles. The zero-order valence-electron chi connectivity index (χ0n) is 11.4. The third-order valence-electron chi connectivity index (χ3n) is 2.73. The summed E-state index contributed by atoms with van der Waals surface area (Å²) >= 11 is 2.03. The number of halogens is 1. The number of nitrogens with zero attached hydrogens (tertiary/aromatic N) is 1. The van der Waals surface area contributed by atoms with Crippen molar-refractivity contribution >= 4 is 40.2 Å². The van der Waals surface area contributed by atoms with Gasteiger partial charge in [-0.25, -0.2) is 4.79 Å². The molecule has 0 aliphatic heterocycles. The monoisotopic (exact) mass is 406 g/mol. The van der Waals surface area contributed by atoms with Crippen LogP contribution in [0.15, 0.2) is 48.5 Å². The standard InChI is InChI=1S/C16H11IN2O3/c17-14-4-2-1-3-13(14)16(21)22-10-15(20)19-12-7-5-11(9-18)6-8-12/h1-8H,10H2,(H,19,20). The quantitative estimate of drug-likeness (QED) is 0.626. The lowest BCUT2D eigenvalue weighted by atomic mass is 10.2. The predicted molar refractivity (Wildman–Crippen MR) is 89.2 cm³/mol. The van der Waals surface area contributed by atoms with Crippen molar-refractivity contribution < 1.29 is 14.3 Å². The zero-order valence-corrected chi connectivity index (χ0v) is 13.5. The van der Waals surface area contributed by atoms with Gasteiger partial charge in [-0.05, 0) is 59.0 Å². The summed E-state index contributed by atoms with van der Waals surface area (Å²) in [6.45, 7) is -0.371. The molecule has 2 aromatic carbocycles. The molecule has 1 amide bonds. The third kappa shape index (κ3) is 4.30. The zero-order chi connectivity index (χ0) is 15.9. The van der Waals surface area contributed by atoms with Crippen LogP contribution in [-0.2, 0) is 9.53 Å². The highest BCUT2D eigenvalue weighted by molar-refractivity contribution is 14.1. The fourth-order valence-electron chi connectivity index (χ4n) is 1.66. The second-order valence-electron chi connectivity index (χ2n) is 4.29. The Balaban J connectivity index is 1.89. The molecule has 110 valence electrons. The second-order valence-corrected chi connectivity index (χ2v) is 5.46. The highest BCUT2D eigenvalue weighted by atomic mass is 127. The number of amides is 1. The number of hydrogen-bond acceptors (Lipinski definition) is 4. The van der Waals surface area contributed by atoms with Gasteiger partial charge >= 0.3 is 5.97 Å². The van der Waals surface area contributed by atoms with Crippen molar-refractivity contribution in [2.24, 2.45) is 0 Å². The Labute approximate surface area is 141 Å². The van der Waals surface area contributed by atoms with Crippen molar-refractivity contribution in [2.75, 3.05) is 11.9 Å². The number of rotatable bonds is 4. The summed E-state index contributed by atoms with van der Waals surface area (Å²) in [5.41, 5.74) is 1.46. The summed E-state index contributed by atoms with van der Waals surface area (Å²) < 4.78 is 5.74. The lowest BCUT2D eigenvalue weighted by Gasteiger charge is -2.07. The number of nitriles is 1. The summed E-state index contributed by atoms with van der Waals surface area (Å²) in [7, 11) is 0. The molecule has 5 nitrogen and oxygen atoms in total. The smallest absolute Gasteiger partial charge is 0.339 e. The second kappa shape index (κ2) is 7.56. The first-order chi connectivity index (χ1) is 10.6. The van der Waals surface area contributed by atoms with Gasteiger partial charge in [0.2, 0.25) is 0 Å². The van der Waals surface area contributed by atoms with E-state index in [1.54, 1.807) is 42.5 Å². The molecule has 2 rings (SSSR count). The molecule has 0 fully saturated rings. The minimum absolute atomic E-state index is 0.371. The van der Waals surface area contributed by atoms with Crippen molar-refractivity contribution in [2.45, 2.75) is 0 Å². The van der Waals surface area contributed by atoms with E-state index in [1.165, 1.54) is 0 Å². The topological polar surface area (TPSA) is 79.2 Å². The van der Waals surface area contributed by atoms with Crippen LogP contribution in [0, 0.1) is 14.9 Å². The highest BCUT2D eigenvalue weighted by Crippen LogP contribution is 2.13. The largest absolute Gasteiger partial charge is 0.452 e. The van der Waals surface area contributed by atoms with E-state index in [2.05, 4.69) is 5.32 Å². The Kier molecular flexibility index (Phi) is 5.49. The van der Waals surface area contributed by atoms with E-state index in [0.29, 0.717) is 16.8 Å². The van der Waals surface area contributed by atoms with Crippen LogP contribution >= 0.6 is 22.6 Å². The molecule has 2 aromatic rings. The highest BCUT2D eigenvalue weighted by Gasteiger charge is 2.12. The molecular weight excluding hydrogens is 395 g/mol. The van der Waals surface area contributed by atoms with E-state index in [0.717, 1.165) is 3.57 Å². The minimum Gasteiger partial charge on any atom is -0.452 e. The Morgan fingerprint density at radius 2 is 1.82 bits per heavy atom. The van der Waals surface area contributed by atoms with E-state index in [-0.39, 0.29) is 6.61 Å². The van der Waals surface area contributed by atoms with Gasteiger partial charge in [0.15, 0.2) is 6.61 Å². The molecular formula is C16H11IN2O3. The van der Waals surface area contributed by atoms with Crippen molar-refractivity contribution in [1.82, 2.24) is 0 Å². The maximum absolute atomic E-state index is 11.9. The van der Waals surface area contributed by atoms with Gasteiger partial charge in [-0.3, -0.25) is 4.79 Å². The van der Waals surface area contributed by atoms with Gasteiger partial charge in [-0.15, -0.1) is 0 Å². The first kappa shape index (κ1) is 16.0. The molecule has 0 spiro atoms. The molecule has 0 unspecified atom stereocenters. The Bertz CT molecular complexity index is 736. The molecule has 22 heavy (non-hydrogen) atoms. The number of benzene rings is 2. The van der Waals surface area contributed by atoms with Gasteiger partial charge in [0.1, 0.15) is 0 Å². The summed E-state index contributed by atoms with van der Waals surface area (Å²) in [6.07, 6.45) is 0. The van der Waals surface area contributed by atoms with Crippen molar-refractivity contribution in [1.29, 1.82) is 5.26 Å². The van der Waals surface area contributed by atoms with E-state index in [1.807, 2.05) is 34.7 Å². The summed E-state index contributed by atoms with van der Waals surface area (Å²) in [5, 5.41) is 11.3. The molecule has 0 aromatic heterocycles. The van der Waals surface area contributed by atoms with Crippen LogP contribution in [0.2, 0.25) is 0 Å². The third-order valence-corrected chi connectivity index (χ3v) is 3.67. The number of nitrogens with one attached hydrogen (secondary N) is 1. The lowest BCUT2D eigenvalue weighted by Crippen LogP contribution is -2.21. The molecule has 0 bridgehead atoms. The van der Waals surface area contributed by atoms with E-state index < -0.39 is 11.9 Å². The van der Waals surface area contributed by atoms with Crippen LogP contribution in [0.25, 0.3) is 0 Å². The average Bonchev–Trinajstić information content (AvgIpc) is 2.54. The number of carbonyl (C=O) groups excluding carboxylic acids is 2. The van der Waals surface area contributed by atoms with Crippen molar-refractivity contribution in [3.05, 3.63) is 63.2 Å². The minimum atomic E-state index is -0.542. The Morgan fingerprint density at radius 3 is 2.45 bits per heavy atom. The van der Waals surface area contributed by atoms with Gasteiger partial charge in [-0.1, -0.05) is 12.1 Å². The average molecular weight is 406 g/mol. The predicted octanol–water partition coefficient (Wildman–Crippen LogP) is 2.96. The summed E-state index contributed by atoms with van der Waals surface area (Å²) in [5.74, 6) is -0.982. The van der Waals surface area contributed by atoms with Crippen LogP contribution in [0.1, 0.15) is 15.9 Å². The maximum atomic E-state index is 11.9. The van der Waals surface area contributed by atoms with Crippen LogP contribution in [0.3, 0.4) is 0 Å². The Morgan fingerprint density at radius 1 is 1.14 bits per heavy atom. The van der Waals surface area contributed by atoms with Crippen LogP contribution in [0.5, 0.6) is 0 Å². The van der Waals surface area contributed by atoms with Gasteiger partial charge in [0.05, 0.1) is 17.2 Å². The fraction of sp³-hybridized carbons (Fsp3) is 0.0625. The van der Waals surface area contributed by atoms with Crippen LogP contribution in [-0.4, -0.2) is 18.5 Å². The van der Waals surface area contributed by atoms with Crippen LogP contribution in [0.4, 0.5) is 5.69 Å². The number of ether oxygens (including phenoxy) is 1. The molecule has 1 N–H and O–H groups in total.